The Bertz CT molecular complexity index is 1590. The van der Waals surface area contributed by atoms with Crippen molar-refractivity contribution in [1.82, 2.24) is 0 Å². The molecular formula is C27H34B3F2I2P11. The van der Waals surface area contributed by atoms with Crippen molar-refractivity contribution >= 4 is 245 Å². The fourth-order valence-electron chi connectivity index (χ4n) is 6.13. The lowest BCUT2D eigenvalue weighted by Gasteiger charge is -2.45. The molecule has 0 amide bonds. The summed E-state index contributed by atoms with van der Waals surface area (Å²) < 4.78 is 36.2. The standard InChI is InChI=1S/C27H34B3F2I2P11/c1-3-9(28)14(33)5(10(29)12(3)31)27(6-11(30)21(40)25(44)22(41)15(6)34,7-13(32)16(35)4(2)17(36)18(7)37)8-19(38)23(42)26(45)24(43)20(8)39/h28-30,35-45H2,1-2H3. The normalized spacial score (nSPS) is 13.0. The van der Waals surface area contributed by atoms with Crippen molar-refractivity contribution in [1.29, 1.82) is 0 Å². The van der Waals surface area contributed by atoms with Gasteiger partial charge in [-0.3, -0.25) is 0 Å². The van der Waals surface area contributed by atoms with Gasteiger partial charge in [0.15, 0.2) is 0 Å². The molecule has 0 radical (unpaired) electrons. The van der Waals surface area contributed by atoms with Crippen LogP contribution in [0.3, 0.4) is 0 Å². The van der Waals surface area contributed by atoms with Crippen LogP contribution in [-0.4, -0.2) is 23.5 Å². The van der Waals surface area contributed by atoms with Crippen molar-refractivity contribution in [2.45, 2.75) is 19.3 Å². The van der Waals surface area contributed by atoms with Crippen LogP contribution in [0.25, 0.3) is 0 Å². The number of hydrogen-bond acceptors (Lipinski definition) is 0. The minimum Gasteiger partial charge on any atom is -0.207 e. The summed E-state index contributed by atoms with van der Waals surface area (Å²) in [4.78, 5) is 0. The second-order valence-corrected chi connectivity index (χ2v) is 19.7. The lowest BCUT2D eigenvalue weighted by molar-refractivity contribution is 0.589. The number of benzene rings is 4. The summed E-state index contributed by atoms with van der Waals surface area (Å²) in [5.74, 6) is -0.604. The Kier molecular flexibility index (Phi) is 13.8. The highest BCUT2D eigenvalue weighted by atomic mass is 127. The predicted octanol–water partition coefficient (Wildman–Crippen LogP) is -2.55. The van der Waals surface area contributed by atoms with Gasteiger partial charge >= 0.3 is 0 Å². The fraction of sp³-hybridized carbons (Fsp3) is 0.111. The van der Waals surface area contributed by atoms with Crippen LogP contribution >= 0.6 is 147 Å². The summed E-state index contributed by atoms with van der Waals surface area (Å²) in [6, 6.07) is 0. The molecule has 0 aromatic heterocycles. The van der Waals surface area contributed by atoms with E-state index in [0.717, 1.165) is 93.4 Å². The molecule has 0 fully saturated rings. The lowest BCUT2D eigenvalue weighted by Crippen LogP contribution is -2.57. The number of hydrogen-bond donors (Lipinski definition) is 0. The maximum Gasteiger partial charge on any atom is 0.143 e. The van der Waals surface area contributed by atoms with E-state index in [1.807, 2.05) is 29.5 Å². The minimum absolute atomic E-state index is 0.273. The van der Waals surface area contributed by atoms with Gasteiger partial charge < -0.3 is 0 Å². The Morgan fingerprint density at radius 3 is 1.36 bits per heavy atom. The average molecular weight is 1020 g/mol. The fourth-order valence-corrected chi connectivity index (χ4v) is 13.8. The number of halogens is 4. The Morgan fingerprint density at radius 2 is 0.844 bits per heavy atom. The first kappa shape index (κ1) is 40.9. The van der Waals surface area contributed by atoms with E-state index in [-0.39, 0.29) is 11.6 Å². The van der Waals surface area contributed by atoms with E-state index < -0.39 is 5.41 Å². The van der Waals surface area contributed by atoms with Crippen LogP contribution in [0.5, 0.6) is 0 Å². The lowest BCUT2D eigenvalue weighted by atomic mass is 9.58. The first-order valence-corrected chi connectivity index (χ1v) is 21.9. The quantitative estimate of drug-likeness (QED) is 0.0917. The average Bonchev–Trinajstić information content (AvgIpc) is 3.00. The molecule has 0 saturated heterocycles. The van der Waals surface area contributed by atoms with Crippen LogP contribution in [0.1, 0.15) is 33.4 Å². The molecule has 12 atom stereocenters. The highest BCUT2D eigenvalue weighted by Crippen LogP contribution is 2.47. The van der Waals surface area contributed by atoms with Crippen molar-refractivity contribution in [3.05, 3.63) is 52.2 Å². The maximum atomic E-state index is 17.7. The Labute approximate surface area is 322 Å². The van der Waals surface area contributed by atoms with E-state index in [1.54, 1.807) is 0 Å². The molecule has 4 aromatic carbocycles. The number of rotatable bonds is 4. The molecule has 4 rings (SSSR count). The van der Waals surface area contributed by atoms with Crippen molar-refractivity contribution < 1.29 is 8.78 Å². The van der Waals surface area contributed by atoms with E-state index in [9.17, 15) is 0 Å². The van der Waals surface area contributed by atoms with Gasteiger partial charge in [-0.05, 0) is 145 Å². The van der Waals surface area contributed by atoms with Gasteiger partial charge in [0.2, 0.25) is 0 Å². The van der Waals surface area contributed by atoms with Crippen molar-refractivity contribution in [2.24, 2.45) is 0 Å². The molecule has 0 N–H and O–H groups in total. The first-order valence-electron chi connectivity index (χ1n) is 13.4. The summed E-state index contributed by atoms with van der Waals surface area (Å²) in [6.07, 6.45) is 0. The largest absolute Gasteiger partial charge is 0.207 e. The molecule has 234 valence electrons. The highest BCUT2D eigenvalue weighted by Gasteiger charge is 2.50. The van der Waals surface area contributed by atoms with Gasteiger partial charge in [0.1, 0.15) is 35.2 Å². The third kappa shape index (κ3) is 6.33. The van der Waals surface area contributed by atoms with Gasteiger partial charge in [-0.2, -0.15) is 0 Å². The first-order chi connectivity index (χ1) is 20.7. The van der Waals surface area contributed by atoms with Crippen LogP contribution in [0, 0.1) is 32.6 Å². The molecule has 0 aliphatic carbocycles. The zero-order valence-electron chi connectivity index (χ0n) is 25.4. The molecule has 0 nitrogen and oxygen atoms in total. The molecule has 4 aromatic rings. The summed E-state index contributed by atoms with van der Waals surface area (Å²) in [7, 11) is 37.5. The van der Waals surface area contributed by atoms with Crippen molar-refractivity contribution in [3.8, 4) is 0 Å². The minimum atomic E-state index is -1.30. The van der Waals surface area contributed by atoms with Crippen LogP contribution in [0.15, 0.2) is 0 Å². The van der Waals surface area contributed by atoms with Gasteiger partial charge in [0.05, 0.1) is 5.41 Å². The summed E-state index contributed by atoms with van der Waals surface area (Å²) in [5.41, 5.74) is 5.51. The molecule has 45 heavy (non-hydrogen) atoms. The van der Waals surface area contributed by atoms with E-state index in [2.05, 4.69) is 155 Å². The second-order valence-electron chi connectivity index (χ2n) is 11.2. The zero-order chi connectivity index (χ0) is 34.4. The molecule has 18 heteroatoms. The third-order valence-corrected chi connectivity index (χ3v) is 21.4. The second kappa shape index (κ2) is 15.2. The molecular weight excluding hydrogens is 989 g/mol. The Morgan fingerprint density at radius 1 is 0.422 bits per heavy atom. The molecule has 0 aliphatic rings. The van der Waals surface area contributed by atoms with Crippen molar-refractivity contribution in [2.75, 3.05) is 0 Å². The molecule has 12 unspecified atom stereocenters. The summed E-state index contributed by atoms with van der Waals surface area (Å²) >= 11 is 4.78. The van der Waals surface area contributed by atoms with Crippen LogP contribution in [0.4, 0.5) is 8.78 Å². The van der Waals surface area contributed by atoms with E-state index >= 15 is 8.78 Å². The maximum absolute atomic E-state index is 17.7. The van der Waals surface area contributed by atoms with E-state index in [4.69, 9.17) is 0 Å². The van der Waals surface area contributed by atoms with Gasteiger partial charge in [0.25, 0.3) is 0 Å². The Hall–Kier alpha value is 3.12. The monoisotopic (exact) mass is 1020 g/mol. The van der Waals surface area contributed by atoms with Crippen LogP contribution in [-0.2, 0) is 5.41 Å². The molecule has 0 spiro atoms. The molecule has 0 saturated carbocycles. The SMILES string of the molecule is Bc1c(C)c(F)c(B)c(C(c2c(F)c(P)c(C)c(P)c2P)(c2c(P)c(P)c(P)c(P)c2P)c2c(B)c(P)c(P)c(P)c2I)c1I. The smallest absolute Gasteiger partial charge is 0.143 e. The summed E-state index contributed by atoms with van der Waals surface area (Å²) in [5, 5.41) is 9.96. The molecule has 0 heterocycles. The summed E-state index contributed by atoms with van der Waals surface area (Å²) in [6.45, 7) is 3.76. The predicted molar refractivity (Wildman–Crippen MR) is 267 cm³/mol. The van der Waals surface area contributed by atoms with Gasteiger partial charge in [0, 0.05) is 18.0 Å². The van der Waals surface area contributed by atoms with Gasteiger partial charge in [-0.1, -0.05) is 10.9 Å². The zero-order valence-corrected chi connectivity index (χ0v) is 42.4. The van der Waals surface area contributed by atoms with Gasteiger partial charge in [-0.15, -0.1) is 102 Å². The van der Waals surface area contributed by atoms with E-state index in [1.165, 1.54) is 0 Å². The molecule has 0 bridgehead atoms. The van der Waals surface area contributed by atoms with Crippen LogP contribution in [0.2, 0.25) is 0 Å². The third-order valence-electron chi connectivity index (χ3n) is 8.98. The Balaban J connectivity index is 2.69. The van der Waals surface area contributed by atoms with Gasteiger partial charge in [-0.25, -0.2) is 8.78 Å². The van der Waals surface area contributed by atoms with Crippen molar-refractivity contribution in [3.63, 3.8) is 0 Å². The highest BCUT2D eigenvalue weighted by molar-refractivity contribution is 14.1. The molecule has 0 aliphatic heterocycles. The van der Waals surface area contributed by atoms with Crippen LogP contribution < -0.4 is 74.7 Å². The van der Waals surface area contributed by atoms with E-state index in [0.29, 0.717) is 21.9 Å². The topological polar surface area (TPSA) is 0 Å².